The van der Waals surface area contributed by atoms with Crippen LogP contribution in [0.4, 0.5) is 13.2 Å². The summed E-state index contributed by atoms with van der Waals surface area (Å²) in [5.74, 6) is -1.09. The molecule has 1 amide bonds. The molecule has 0 unspecified atom stereocenters. The highest BCUT2D eigenvalue weighted by atomic mass is 19.4. The van der Waals surface area contributed by atoms with Crippen LogP contribution in [0, 0.1) is 13.8 Å². The molecular weight excluding hydrogens is 411 g/mol. The van der Waals surface area contributed by atoms with Crippen molar-refractivity contribution in [2.45, 2.75) is 57.7 Å². The van der Waals surface area contributed by atoms with E-state index in [0.717, 1.165) is 29.1 Å². The summed E-state index contributed by atoms with van der Waals surface area (Å²) in [6.07, 6.45) is 0.568. The largest absolute Gasteiger partial charge is 0.481 e. The van der Waals surface area contributed by atoms with Crippen LogP contribution < -0.4 is 5.32 Å². The van der Waals surface area contributed by atoms with Crippen LogP contribution >= 0.6 is 0 Å². The van der Waals surface area contributed by atoms with Gasteiger partial charge < -0.3 is 10.4 Å². The van der Waals surface area contributed by atoms with Crippen LogP contribution in [-0.4, -0.2) is 32.8 Å². The van der Waals surface area contributed by atoms with Gasteiger partial charge >= 0.3 is 12.1 Å². The summed E-state index contributed by atoms with van der Waals surface area (Å²) in [6, 6.07) is 4.72. The highest BCUT2D eigenvalue weighted by Crippen LogP contribution is 2.34. The molecule has 31 heavy (non-hydrogen) atoms. The Labute approximate surface area is 177 Å². The quantitative estimate of drug-likeness (QED) is 0.636. The Morgan fingerprint density at radius 1 is 1.16 bits per heavy atom. The maximum Gasteiger partial charge on any atom is 0.416 e. The third-order valence-electron chi connectivity index (χ3n) is 5.38. The molecule has 0 saturated heterocycles. The lowest BCUT2D eigenvalue weighted by Gasteiger charge is -2.15. The van der Waals surface area contributed by atoms with Crippen molar-refractivity contribution in [3.05, 3.63) is 58.9 Å². The number of allylic oxidation sites excluding steroid dienone is 1. The summed E-state index contributed by atoms with van der Waals surface area (Å²) in [5.41, 5.74) is 2.43. The SMILES string of the molecule is Cc1nn(-c2ccc(C(F)(F)F)cc2)c(C)c1[C@H]1C=C[C@@H](NC(=O)CCCC(=O)O)C1. The molecule has 1 aliphatic rings. The van der Waals surface area contributed by atoms with Crippen molar-refractivity contribution in [1.82, 2.24) is 15.1 Å². The van der Waals surface area contributed by atoms with Crippen LogP contribution in [0.5, 0.6) is 0 Å². The van der Waals surface area contributed by atoms with Crippen LogP contribution in [0.25, 0.3) is 5.69 Å². The average molecular weight is 435 g/mol. The third-order valence-corrected chi connectivity index (χ3v) is 5.38. The molecule has 0 bridgehead atoms. The maximum absolute atomic E-state index is 12.8. The van der Waals surface area contributed by atoms with Crippen LogP contribution in [-0.2, 0) is 15.8 Å². The molecule has 9 heteroatoms. The molecule has 1 aromatic carbocycles. The third kappa shape index (κ3) is 5.34. The summed E-state index contributed by atoms with van der Waals surface area (Å²) in [6.45, 7) is 3.73. The number of rotatable bonds is 7. The molecule has 0 spiro atoms. The first-order chi connectivity index (χ1) is 14.6. The van der Waals surface area contributed by atoms with E-state index in [0.29, 0.717) is 18.5 Å². The monoisotopic (exact) mass is 435 g/mol. The van der Waals surface area contributed by atoms with E-state index in [1.807, 2.05) is 26.0 Å². The Morgan fingerprint density at radius 2 is 1.84 bits per heavy atom. The fourth-order valence-corrected chi connectivity index (χ4v) is 3.93. The number of aromatic nitrogens is 2. The van der Waals surface area contributed by atoms with E-state index in [4.69, 9.17) is 5.11 Å². The maximum atomic E-state index is 12.8. The normalized spacial score (nSPS) is 18.4. The fourth-order valence-electron chi connectivity index (χ4n) is 3.93. The van der Waals surface area contributed by atoms with E-state index in [1.54, 1.807) is 4.68 Å². The minimum atomic E-state index is -4.39. The van der Waals surface area contributed by atoms with Gasteiger partial charge in [0.05, 0.1) is 16.9 Å². The predicted molar refractivity (Wildman–Crippen MR) is 108 cm³/mol. The van der Waals surface area contributed by atoms with E-state index in [-0.39, 0.29) is 30.7 Å². The first-order valence-corrected chi connectivity index (χ1v) is 9.99. The summed E-state index contributed by atoms with van der Waals surface area (Å²) in [4.78, 5) is 22.6. The average Bonchev–Trinajstić information content (AvgIpc) is 3.24. The van der Waals surface area contributed by atoms with E-state index in [2.05, 4.69) is 10.4 Å². The van der Waals surface area contributed by atoms with Crippen LogP contribution in [0.15, 0.2) is 36.4 Å². The molecule has 0 radical (unpaired) electrons. The molecule has 2 aromatic rings. The van der Waals surface area contributed by atoms with Gasteiger partial charge in [-0.25, -0.2) is 4.68 Å². The Hall–Kier alpha value is -3.10. The second-order valence-electron chi connectivity index (χ2n) is 7.69. The van der Waals surface area contributed by atoms with Crippen molar-refractivity contribution in [2.75, 3.05) is 0 Å². The van der Waals surface area contributed by atoms with Crippen LogP contribution in [0.1, 0.15) is 54.1 Å². The zero-order chi connectivity index (χ0) is 22.8. The number of alkyl halides is 3. The molecule has 0 aliphatic heterocycles. The number of amides is 1. The van der Waals surface area contributed by atoms with Gasteiger partial charge in [0.15, 0.2) is 0 Å². The van der Waals surface area contributed by atoms with Gasteiger partial charge in [-0.1, -0.05) is 12.2 Å². The molecule has 0 saturated carbocycles. The van der Waals surface area contributed by atoms with Gasteiger partial charge in [0.1, 0.15) is 0 Å². The minimum Gasteiger partial charge on any atom is -0.481 e. The predicted octanol–water partition coefficient (Wildman–Crippen LogP) is 4.29. The Kier molecular flexibility index (Phi) is 6.52. The number of hydrogen-bond acceptors (Lipinski definition) is 3. The minimum absolute atomic E-state index is 0.0208. The molecule has 2 N–H and O–H groups in total. The zero-order valence-electron chi connectivity index (χ0n) is 17.2. The highest BCUT2D eigenvalue weighted by molar-refractivity contribution is 5.77. The van der Waals surface area contributed by atoms with Crippen LogP contribution in [0.3, 0.4) is 0 Å². The molecule has 166 valence electrons. The number of carboxylic acid groups (broad SMARTS) is 1. The number of carboxylic acids is 1. The number of aryl methyl sites for hydroxylation is 1. The van der Waals surface area contributed by atoms with Crippen molar-refractivity contribution in [1.29, 1.82) is 0 Å². The molecule has 2 atom stereocenters. The zero-order valence-corrected chi connectivity index (χ0v) is 17.2. The number of benzene rings is 1. The first kappa shape index (κ1) is 22.6. The van der Waals surface area contributed by atoms with Gasteiger partial charge in [-0.15, -0.1) is 0 Å². The van der Waals surface area contributed by atoms with E-state index < -0.39 is 17.7 Å². The van der Waals surface area contributed by atoms with E-state index in [9.17, 15) is 22.8 Å². The summed E-state index contributed by atoms with van der Waals surface area (Å²) >= 11 is 0. The number of carbonyl (C=O) groups excluding carboxylic acids is 1. The lowest BCUT2D eigenvalue weighted by Crippen LogP contribution is -2.32. The van der Waals surface area contributed by atoms with E-state index in [1.165, 1.54) is 12.1 Å². The topological polar surface area (TPSA) is 84.2 Å². The Morgan fingerprint density at radius 3 is 2.45 bits per heavy atom. The van der Waals surface area contributed by atoms with Gasteiger partial charge in [-0.05, 0) is 51.0 Å². The molecule has 1 heterocycles. The molecular formula is C22H24F3N3O3. The molecule has 0 fully saturated rings. The summed E-state index contributed by atoms with van der Waals surface area (Å²) < 4.78 is 40.1. The highest BCUT2D eigenvalue weighted by Gasteiger charge is 2.30. The fraction of sp³-hybridized carbons (Fsp3) is 0.409. The summed E-state index contributed by atoms with van der Waals surface area (Å²) in [7, 11) is 0. The van der Waals surface area contributed by atoms with Crippen molar-refractivity contribution >= 4 is 11.9 Å². The van der Waals surface area contributed by atoms with Gasteiger partial charge in [0, 0.05) is 36.1 Å². The van der Waals surface area contributed by atoms with Gasteiger partial charge in [-0.3, -0.25) is 9.59 Å². The molecule has 1 aliphatic carbocycles. The Bertz CT molecular complexity index is 994. The van der Waals surface area contributed by atoms with Crippen molar-refractivity contribution in [3.63, 3.8) is 0 Å². The van der Waals surface area contributed by atoms with Crippen LogP contribution in [0.2, 0.25) is 0 Å². The van der Waals surface area contributed by atoms with Gasteiger partial charge in [-0.2, -0.15) is 18.3 Å². The molecule has 1 aromatic heterocycles. The molecule has 3 rings (SSSR count). The standard InChI is InChI=1S/C22H24F3N3O3/c1-13-21(15-6-9-17(12-15)26-19(29)4-3-5-20(30)31)14(2)28(27-13)18-10-7-16(8-11-18)22(23,24)25/h6-11,15,17H,3-5,12H2,1-2H3,(H,26,29)(H,30,31)/t15-,17+/m0/s1. The first-order valence-electron chi connectivity index (χ1n) is 9.99. The number of hydrogen-bond donors (Lipinski definition) is 2. The summed E-state index contributed by atoms with van der Waals surface area (Å²) in [5, 5.41) is 16.1. The lowest BCUT2D eigenvalue weighted by atomic mass is 9.96. The second-order valence-corrected chi connectivity index (χ2v) is 7.69. The Balaban J connectivity index is 1.68. The van der Waals surface area contributed by atoms with Crippen molar-refractivity contribution in [2.24, 2.45) is 0 Å². The number of nitrogens with zero attached hydrogens (tertiary/aromatic N) is 2. The van der Waals surface area contributed by atoms with Gasteiger partial charge in [0.25, 0.3) is 0 Å². The van der Waals surface area contributed by atoms with Crippen molar-refractivity contribution < 1.29 is 27.9 Å². The smallest absolute Gasteiger partial charge is 0.416 e. The number of halogens is 3. The van der Waals surface area contributed by atoms with Gasteiger partial charge in [0.2, 0.25) is 5.91 Å². The molecule has 6 nitrogen and oxygen atoms in total. The number of aliphatic carboxylic acids is 1. The second kappa shape index (κ2) is 8.95. The lowest BCUT2D eigenvalue weighted by molar-refractivity contribution is -0.138. The number of carbonyl (C=O) groups is 2. The van der Waals surface area contributed by atoms with E-state index >= 15 is 0 Å². The number of nitrogens with one attached hydrogen (secondary N) is 1. The van der Waals surface area contributed by atoms with Crippen molar-refractivity contribution in [3.8, 4) is 5.69 Å².